The topological polar surface area (TPSA) is 67.9 Å². The highest BCUT2D eigenvalue weighted by atomic mass is 16.5. The van der Waals surface area contributed by atoms with E-state index in [1.165, 1.54) is 0 Å². The van der Waals surface area contributed by atoms with E-state index in [4.69, 9.17) is 9.47 Å². The largest absolute Gasteiger partial charge is 0.497 e. The first-order valence-electron chi connectivity index (χ1n) is 9.30. The summed E-state index contributed by atoms with van der Waals surface area (Å²) in [6.07, 6.45) is 1.04. The minimum absolute atomic E-state index is 0.0815. The smallest absolute Gasteiger partial charge is 0.227 e. The highest BCUT2D eigenvalue weighted by Gasteiger charge is 2.38. The maximum Gasteiger partial charge on any atom is 0.227 e. The fraction of sp³-hybridized carbons (Fsp3) is 0.619. The molecule has 1 heterocycles. The Labute approximate surface area is 162 Å². The Balaban J connectivity index is 2.14. The molecule has 0 saturated carbocycles. The first-order valence-corrected chi connectivity index (χ1v) is 9.30. The Morgan fingerprint density at radius 1 is 1.19 bits per heavy atom. The summed E-state index contributed by atoms with van der Waals surface area (Å²) >= 11 is 0. The first kappa shape index (κ1) is 21.1. The third kappa shape index (κ3) is 5.37. The standard InChI is InChI=1S/C21H32N2O4/c1-20(2,3)13-21(4,5)22-19(25)14-10-18(24)23(12-14)16-11-15(26-6)8-9-17(16)27-7/h8-9,11,14H,10,12-13H2,1-7H3,(H,22,25)/t14-/m1/s1. The molecule has 2 amide bonds. The van der Waals surface area contributed by atoms with Crippen LogP contribution in [0.25, 0.3) is 0 Å². The van der Waals surface area contributed by atoms with E-state index in [2.05, 4.69) is 26.1 Å². The molecule has 1 atom stereocenters. The molecule has 1 fully saturated rings. The monoisotopic (exact) mass is 376 g/mol. The lowest BCUT2D eigenvalue weighted by Crippen LogP contribution is -2.48. The number of benzene rings is 1. The van der Waals surface area contributed by atoms with Gasteiger partial charge in [-0.1, -0.05) is 20.8 Å². The van der Waals surface area contributed by atoms with E-state index >= 15 is 0 Å². The molecule has 1 saturated heterocycles. The average molecular weight is 376 g/mol. The Kier molecular flexibility index (Phi) is 6.07. The summed E-state index contributed by atoms with van der Waals surface area (Å²) in [4.78, 5) is 27.0. The van der Waals surface area contributed by atoms with Crippen LogP contribution in [0, 0.1) is 11.3 Å². The van der Waals surface area contributed by atoms with Crippen LogP contribution in [0.1, 0.15) is 47.5 Å². The van der Waals surface area contributed by atoms with Crippen molar-refractivity contribution in [1.29, 1.82) is 0 Å². The van der Waals surface area contributed by atoms with Crippen LogP contribution in [0.15, 0.2) is 18.2 Å². The number of carbonyl (C=O) groups excluding carboxylic acids is 2. The van der Waals surface area contributed by atoms with Gasteiger partial charge in [-0.2, -0.15) is 0 Å². The van der Waals surface area contributed by atoms with E-state index in [-0.39, 0.29) is 35.1 Å². The zero-order valence-electron chi connectivity index (χ0n) is 17.5. The molecule has 0 unspecified atom stereocenters. The van der Waals surface area contributed by atoms with Gasteiger partial charge in [0, 0.05) is 24.6 Å². The van der Waals surface area contributed by atoms with E-state index in [9.17, 15) is 9.59 Å². The summed E-state index contributed by atoms with van der Waals surface area (Å²) in [5.74, 6) is 0.668. The first-order chi connectivity index (χ1) is 12.5. The second-order valence-corrected chi connectivity index (χ2v) is 9.05. The highest BCUT2D eigenvalue weighted by Crippen LogP contribution is 2.36. The molecule has 1 aromatic carbocycles. The van der Waals surface area contributed by atoms with Gasteiger partial charge in [-0.05, 0) is 37.8 Å². The Hall–Kier alpha value is -2.24. The summed E-state index contributed by atoms with van der Waals surface area (Å²) in [7, 11) is 3.13. The lowest BCUT2D eigenvalue weighted by Gasteiger charge is -2.34. The number of amides is 2. The molecule has 0 aromatic heterocycles. The molecular weight excluding hydrogens is 344 g/mol. The Morgan fingerprint density at radius 2 is 1.85 bits per heavy atom. The molecule has 0 aliphatic carbocycles. The summed E-state index contributed by atoms with van der Waals surface area (Å²) in [5.41, 5.74) is 0.396. The van der Waals surface area contributed by atoms with Crippen molar-refractivity contribution in [3.8, 4) is 11.5 Å². The van der Waals surface area contributed by atoms with Crippen LogP contribution in [0.5, 0.6) is 11.5 Å². The molecule has 1 N–H and O–H groups in total. The molecule has 0 spiro atoms. The Morgan fingerprint density at radius 3 is 2.41 bits per heavy atom. The van der Waals surface area contributed by atoms with E-state index < -0.39 is 0 Å². The van der Waals surface area contributed by atoms with Gasteiger partial charge in [-0.15, -0.1) is 0 Å². The summed E-state index contributed by atoms with van der Waals surface area (Å²) in [5, 5.41) is 3.12. The average Bonchev–Trinajstić information content (AvgIpc) is 2.93. The van der Waals surface area contributed by atoms with Crippen LogP contribution in [-0.2, 0) is 9.59 Å². The maximum absolute atomic E-state index is 12.8. The third-order valence-electron chi connectivity index (χ3n) is 4.61. The number of methoxy groups -OCH3 is 2. The molecular formula is C21H32N2O4. The van der Waals surface area contributed by atoms with Crippen LogP contribution < -0.4 is 19.7 Å². The molecule has 0 radical (unpaired) electrons. The van der Waals surface area contributed by atoms with Gasteiger partial charge in [0.25, 0.3) is 0 Å². The van der Waals surface area contributed by atoms with Crippen molar-refractivity contribution < 1.29 is 19.1 Å². The van der Waals surface area contributed by atoms with Gasteiger partial charge < -0.3 is 19.7 Å². The normalized spacial score (nSPS) is 17.8. The molecule has 27 heavy (non-hydrogen) atoms. The summed E-state index contributed by atoms with van der Waals surface area (Å²) < 4.78 is 10.6. The van der Waals surface area contributed by atoms with E-state index in [0.717, 1.165) is 6.42 Å². The number of ether oxygens (including phenoxy) is 2. The van der Waals surface area contributed by atoms with Crippen molar-refractivity contribution in [3.63, 3.8) is 0 Å². The van der Waals surface area contributed by atoms with Gasteiger partial charge in [0.15, 0.2) is 0 Å². The number of anilines is 1. The number of carbonyl (C=O) groups is 2. The quantitative estimate of drug-likeness (QED) is 0.826. The third-order valence-corrected chi connectivity index (χ3v) is 4.61. The molecule has 1 aliphatic rings. The molecule has 2 rings (SSSR count). The van der Waals surface area contributed by atoms with Crippen molar-refractivity contribution in [2.45, 2.75) is 53.0 Å². The molecule has 6 heteroatoms. The van der Waals surface area contributed by atoms with E-state index in [1.54, 1.807) is 37.3 Å². The maximum atomic E-state index is 12.8. The lowest BCUT2D eigenvalue weighted by molar-refractivity contribution is -0.128. The van der Waals surface area contributed by atoms with Crippen molar-refractivity contribution in [2.24, 2.45) is 11.3 Å². The molecule has 1 aliphatic heterocycles. The van der Waals surface area contributed by atoms with Crippen LogP contribution >= 0.6 is 0 Å². The van der Waals surface area contributed by atoms with Gasteiger partial charge >= 0.3 is 0 Å². The highest BCUT2D eigenvalue weighted by molar-refractivity contribution is 6.01. The minimum Gasteiger partial charge on any atom is -0.497 e. The minimum atomic E-state index is -0.382. The zero-order valence-corrected chi connectivity index (χ0v) is 17.5. The van der Waals surface area contributed by atoms with Gasteiger partial charge in [-0.25, -0.2) is 0 Å². The van der Waals surface area contributed by atoms with Gasteiger partial charge in [0.2, 0.25) is 11.8 Å². The number of nitrogens with one attached hydrogen (secondary N) is 1. The van der Waals surface area contributed by atoms with Gasteiger partial charge in [0.1, 0.15) is 11.5 Å². The van der Waals surface area contributed by atoms with Crippen molar-refractivity contribution in [2.75, 3.05) is 25.7 Å². The fourth-order valence-electron chi connectivity index (χ4n) is 3.93. The van der Waals surface area contributed by atoms with Crippen LogP contribution in [-0.4, -0.2) is 38.1 Å². The SMILES string of the molecule is COc1ccc(OC)c(N2C[C@H](C(=O)NC(C)(C)CC(C)(C)C)CC2=O)c1. The lowest BCUT2D eigenvalue weighted by atomic mass is 9.81. The van der Waals surface area contributed by atoms with Crippen molar-refractivity contribution in [1.82, 2.24) is 5.32 Å². The van der Waals surface area contributed by atoms with Gasteiger partial charge in [-0.3, -0.25) is 9.59 Å². The van der Waals surface area contributed by atoms with Gasteiger partial charge in [0.05, 0.1) is 25.8 Å². The summed E-state index contributed by atoms with van der Waals surface area (Å²) in [6, 6.07) is 5.31. The number of hydrogen-bond donors (Lipinski definition) is 1. The molecule has 6 nitrogen and oxygen atoms in total. The van der Waals surface area contributed by atoms with Crippen LogP contribution in [0.3, 0.4) is 0 Å². The van der Waals surface area contributed by atoms with E-state index in [0.29, 0.717) is 23.7 Å². The fourth-order valence-corrected chi connectivity index (χ4v) is 3.93. The molecule has 1 aromatic rings. The van der Waals surface area contributed by atoms with Crippen molar-refractivity contribution in [3.05, 3.63) is 18.2 Å². The number of nitrogens with zero attached hydrogens (tertiary/aromatic N) is 1. The van der Waals surface area contributed by atoms with Crippen LogP contribution in [0.2, 0.25) is 0 Å². The zero-order chi connectivity index (χ0) is 20.4. The predicted octanol–water partition coefficient (Wildman–Crippen LogP) is 3.39. The molecule has 0 bridgehead atoms. The number of hydrogen-bond acceptors (Lipinski definition) is 4. The van der Waals surface area contributed by atoms with Crippen LogP contribution in [0.4, 0.5) is 5.69 Å². The predicted molar refractivity (Wildman–Crippen MR) is 106 cm³/mol. The molecule has 150 valence electrons. The Bertz CT molecular complexity index is 707. The van der Waals surface area contributed by atoms with Crippen molar-refractivity contribution >= 4 is 17.5 Å². The second-order valence-electron chi connectivity index (χ2n) is 9.05. The second kappa shape index (κ2) is 7.79. The van der Waals surface area contributed by atoms with E-state index in [1.807, 2.05) is 13.8 Å². The summed E-state index contributed by atoms with van der Waals surface area (Å²) in [6.45, 7) is 10.8. The number of rotatable bonds is 6.